The van der Waals surface area contributed by atoms with Gasteiger partial charge < -0.3 is 5.11 Å². The van der Waals surface area contributed by atoms with E-state index in [1.165, 1.54) is 0 Å². The molecule has 1 aliphatic rings. The topological polar surface area (TPSA) is 37.3 Å². The largest absolute Gasteiger partial charge is 0.480 e. The van der Waals surface area contributed by atoms with E-state index in [4.69, 9.17) is 0 Å². The lowest BCUT2D eigenvalue weighted by Gasteiger charge is -2.27. The Balaban J connectivity index is 2.48. The number of benzene rings is 1. The van der Waals surface area contributed by atoms with Crippen LogP contribution in [0.15, 0.2) is 48.6 Å². The molecule has 0 spiro atoms. The highest BCUT2D eigenvalue weighted by molar-refractivity contribution is 5.84. The summed E-state index contributed by atoms with van der Waals surface area (Å²) in [5.74, 6) is -0.794. The Bertz CT molecular complexity index is 454. The van der Waals surface area contributed by atoms with Crippen molar-refractivity contribution in [1.29, 1.82) is 0 Å². The van der Waals surface area contributed by atoms with Crippen molar-refractivity contribution in [3.8, 4) is 0 Å². The van der Waals surface area contributed by atoms with Gasteiger partial charge in [-0.05, 0) is 18.9 Å². The molecule has 1 aromatic carbocycles. The molecular formula is C14H14O2. The van der Waals surface area contributed by atoms with E-state index in [9.17, 15) is 9.90 Å². The van der Waals surface area contributed by atoms with Gasteiger partial charge in [-0.1, -0.05) is 54.1 Å². The third-order valence-corrected chi connectivity index (χ3v) is 3.02. The Hall–Kier alpha value is -1.83. The van der Waals surface area contributed by atoms with Gasteiger partial charge >= 0.3 is 5.97 Å². The summed E-state index contributed by atoms with van der Waals surface area (Å²) in [5.41, 5.74) is 1.09. The Morgan fingerprint density at radius 2 is 1.94 bits per heavy atom. The zero-order valence-electron chi connectivity index (χ0n) is 9.18. The van der Waals surface area contributed by atoms with E-state index < -0.39 is 11.4 Å². The molecule has 2 heteroatoms. The summed E-state index contributed by atoms with van der Waals surface area (Å²) >= 11 is 0. The first-order chi connectivity index (χ1) is 7.65. The van der Waals surface area contributed by atoms with E-state index in [-0.39, 0.29) is 0 Å². The van der Waals surface area contributed by atoms with Gasteiger partial charge in [0.05, 0.1) is 0 Å². The molecule has 0 amide bonds. The first-order valence-electron chi connectivity index (χ1n) is 5.30. The molecular weight excluding hydrogens is 200 g/mol. The van der Waals surface area contributed by atoms with Gasteiger partial charge in [0.15, 0.2) is 0 Å². The summed E-state index contributed by atoms with van der Waals surface area (Å²) in [6.07, 6.45) is 7.86. The van der Waals surface area contributed by atoms with Crippen LogP contribution in [0.25, 0.3) is 0 Å². The molecule has 0 saturated carbocycles. The van der Waals surface area contributed by atoms with E-state index in [2.05, 4.69) is 0 Å². The normalized spacial score (nSPS) is 23.3. The molecule has 0 fully saturated rings. The van der Waals surface area contributed by atoms with Gasteiger partial charge in [0.2, 0.25) is 0 Å². The van der Waals surface area contributed by atoms with Crippen LogP contribution < -0.4 is 0 Å². The van der Waals surface area contributed by atoms with Crippen molar-refractivity contribution in [2.24, 2.45) is 0 Å². The fourth-order valence-corrected chi connectivity index (χ4v) is 1.97. The molecule has 1 aliphatic carbocycles. The van der Waals surface area contributed by atoms with Crippen LogP contribution >= 0.6 is 0 Å². The predicted molar refractivity (Wildman–Crippen MR) is 63.4 cm³/mol. The molecule has 0 aliphatic heterocycles. The maximum absolute atomic E-state index is 11.5. The number of rotatable bonds is 2. The number of carboxylic acids is 1. The monoisotopic (exact) mass is 214 g/mol. The zero-order chi connectivity index (χ0) is 11.6. The van der Waals surface area contributed by atoms with Crippen LogP contribution in [-0.4, -0.2) is 11.1 Å². The molecule has 1 aromatic rings. The number of allylic oxidation sites excluding steroid dienone is 3. The summed E-state index contributed by atoms with van der Waals surface area (Å²) in [5, 5.41) is 9.43. The van der Waals surface area contributed by atoms with E-state index >= 15 is 0 Å². The zero-order valence-corrected chi connectivity index (χ0v) is 9.18. The summed E-state index contributed by atoms with van der Waals surface area (Å²) in [6, 6.07) is 7.69. The number of hydrogen-bond acceptors (Lipinski definition) is 1. The Kier molecular flexibility index (Phi) is 2.65. The van der Waals surface area contributed by atoms with Crippen LogP contribution in [0.3, 0.4) is 0 Å². The first kappa shape index (κ1) is 10.7. The quantitative estimate of drug-likeness (QED) is 0.822. The maximum atomic E-state index is 11.5. The van der Waals surface area contributed by atoms with E-state index in [1.54, 1.807) is 12.2 Å². The van der Waals surface area contributed by atoms with Crippen LogP contribution in [0.4, 0.5) is 0 Å². The molecule has 16 heavy (non-hydrogen) atoms. The van der Waals surface area contributed by atoms with Crippen molar-refractivity contribution in [3.05, 3.63) is 59.7 Å². The lowest BCUT2D eigenvalue weighted by molar-refractivity contribution is -0.141. The van der Waals surface area contributed by atoms with Crippen LogP contribution in [0.1, 0.15) is 17.5 Å². The Labute approximate surface area is 94.9 Å². The first-order valence-corrected chi connectivity index (χ1v) is 5.30. The minimum Gasteiger partial charge on any atom is -0.480 e. The summed E-state index contributed by atoms with van der Waals surface area (Å²) < 4.78 is 0. The third kappa shape index (κ3) is 1.67. The number of carboxylic acid groups (broad SMARTS) is 1. The Morgan fingerprint density at radius 1 is 1.25 bits per heavy atom. The minimum atomic E-state index is -0.886. The second-order valence-corrected chi connectivity index (χ2v) is 4.13. The van der Waals surface area contributed by atoms with Gasteiger partial charge in [-0.25, -0.2) is 0 Å². The molecule has 0 radical (unpaired) electrons. The number of aryl methyl sites for hydroxylation is 1. The van der Waals surface area contributed by atoms with E-state index in [0.717, 1.165) is 11.1 Å². The Morgan fingerprint density at radius 3 is 2.44 bits per heavy atom. The van der Waals surface area contributed by atoms with Crippen LogP contribution in [0.2, 0.25) is 0 Å². The maximum Gasteiger partial charge on any atom is 0.318 e. The molecule has 2 rings (SSSR count). The van der Waals surface area contributed by atoms with Crippen molar-refractivity contribution in [2.75, 3.05) is 0 Å². The fraction of sp³-hybridized carbons (Fsp3) is 0.214. The third-order valence-electron chi connectivity index (χ3n) is 3.02. The van der Waals surface area contributed by atoms with Gasteiger partial charge in [-0.2, -0.15) is 0 Å². The van der Waals surface area contributed by atoms with Crippen molar-refractivity contribution >= 4 is 5.97 Å². The molecule has 0 aromatic heterocycles. The molecule has 2 nitrogen and oxygen atoms in total. The van der Waals surface area contributed by atoms with Crippen molar-refractivity contribution in [1.82, 2.24) is 0 Å². The molecule has 1 atom stereocenters. The highest BCUT2D eigenvalue weighted by Gasteiger charge is 2.37. The van der Waals surface area contributed by atoms with Gasteiger partial charge in [0, 0.05) is 0 Å². The lowest BCUT2D eigenvalue weighted by atomic mass is 9.75. The predicted octanol–water partition coefficient (Wildman–Crippen LogP) is 2.83. The van der Waals surface area contributed by atoms with E-state index in [1.807, 2.05) is 43.3 Å². The highest BCUT2D eigenvalue weighted by atomic mass is 16.4. The summed E-state index contributed by atoms with van der Waals surface area (Å²) in [6.45, 7) is 1.99. The number of aliphatic carboxylic acids is 1. The van der Waals surface area contributed by atoms with Gasteiger partial charge in [-0.15, -0.1) is 0 Å². The van der Waals surface area contributed by atoms with Gasteiger partial charge in [-0.3, -0.25) is 4.79 Å². The average Bonchev–Trinajstić information content (AvgIpc) is 2.30. The molecule has 1 N–H and O–H groups in total. The van der Waals surface area contributed by atoms with Crippen molar-refractivity contribution in [2.45, 2.75) is 18.8 Å². The minimum absolute atomic E-state index is 0.516. The van der Waals surface area contributed by atoms with Gasteiger partial charge in [0.1, 0.15) is 5.41 Å². The van der Waals surface area contributed by atoms with E-state index in [0.29, 0.717) is 6.42 Å². The molecule has 1 unspecified atom stereocenters. The van der Waals surface area contributed by atoms with Crippen LogP contribution in [-0.2, 0) is 10.2 Å². The average molecular weight is 214 g/mol. The van der Waals surface area contributed by atoms with Crippen LogP contribution in [0.5, 0.6) is 0 Å². The summed E-state index contributed by atoms with van der Waals surface area (Å²) in [7, 11) is 0. The second-order valence-electron chi connectivity index (χ2n) is 4.13. The van der Waals surface area contributed by atoms with Crippen LogP contribution in [0, 0.1) is 6.92 Å². The smallest absolute Gasteiger partial charge is 0.318 e. The standard InChI is InChI=1S/C14H14O2/c1-11-5-7-12(8-6-11)14(13(15)16)9-3-2-4-10-14/h2-9H,10H2,1H3,(H,15,16). The highest BCUT2D eigenvalue weighted by Crippen LogP contribution is 2.33. The fourth-order valence-electron chi connectivity index (χ4n) is 1.97. The molecule has 0 heterocycles. The summed E-state index contributed by atoms with van der Waals surface area (Å²) in [4.78, 5) is 11.5. The SMILES string of the molecule is Cc1ccc(C2(C(=O)O)C=CC=CC2)cc1. The number of carbonyl (C=O) groups is 1. The van der Waals surface area contributed by atoms with Crippen molar-refractivity contribution in [3.63, 3.8) is 0 Å². The molecule has 0 bridgehead atoms. The molecule has 82 valence electrons. The van der Waals surface area contributed by atoms with Gasteiger partial charge in [0.25, 0.3) is 0 Å². The van der Waals surface area contributed by atoms with Crippen molar-refractivity contribution < 1.29 is 9.90 Å². The second kappa shape index (κ2) is 3.97. The number of hydrogen-bond donors (Lipinski definition) is 1. The molecule has 0 saturated heterocycles. The lowest BCUT2D eigenvalue weighted by Crippen LogP contribution is -2.34.